The van der Waals surface area contributed by atoms with Gasteiger partial charge < -0.3 is 4.90 Å². The van der Waals surface area contributed by atoms with Gasteiger partial charge in [0.1, 0.15) is 0 Å². The van der Waals surface area contributed by atoms with Crippen LogP contribution in [0.4, 0.5) is 0 Å². The van der Waals surface area contributed by atoms with E-state index in [2.05, 4.69) is 45.3 Å². The molecule has 0 aliphatic heterocycles. The number of hydrogen-bond acceptors (Lipinski definition) is 5. The molecule has 0 unspecified atom stereocenters. The molecule has 6 heteroatoms. The molecule has 0 radical (unpaired) electrons. The monoisotopic (exact) mass is 289 g/mol. The third-order valence-corrected chi connectivity index (χ3v) is 3.68. The number of aromatic nitrogens is 4. The highest BCUT2D eigenvalue weighted by Gasteiger charge is 2.13. The normalized spacial score (nSPS) is 10.9. The predicted molar refractivity (Wildman–Crippen MR) is 82.7 cm³/mol. The number of allylic oxidation sites excluding steroid dienone is 1. The van der Waals surface area contributed by atoms with Crippen LogP contribution in [0.5, 0.6) is 0 Å². The summed E-state index contributed by atoms with van der Waals surface area (Å²) in [6.07, 6.45) is 5.40. The van der Waals surface area contributed by atoms with Gasteiger partial charge in [-0.15, -0.1) is 16.8 Å². The summed E-state index contributed by atoms with van der Waals surface area (Å²) in [6, 6.07) is 3.88. The van der Waals surface area contributed by atoms with Gasteiger partial charge in [-0.3, -0.25) is 9.55 Å². The molecule has 2 aromatic heterocycles. The van der Waals surface area contributed by atoms with Crippen molar-refractivity contribution in [2.45, 2.75) is 11.7 Å². The Morgan fingerprint density at radius 2 is 2.05 bits per heavy atom. The Bertz CT molecular complexity index is 550. The Morgan fingerprint density at radius 1 is 1.30 bits per heavy atom. The molecule has 0 spiro atoms. The fraction of sp³-hybridized carbons (Fsp3) is 0.357. The summed E-state index contributed by atoms with van der Waals surface area (Å²) in [5, 5.41) is 9.53. The SMILES string of the molecule is C=CCn1c(SCCN(C)C)nnc1-c1ccncc1. The molecule has 0 saturated heterocycles. The summed E-state index contributed by atoms with van der Waals surface area (Å²) in [7, 11) is 4.13. The zero-order valence-corrected chi connectivity index (χ0v) is 12.7. The van der Waals surface area contributed by atoms with E-state index in [0.717, 1.165) is 28.8 Å². The lowest BCUT2D eigenvalue weighted by atomic mass is 10.2. The van der Waals surface area contributed by atoms with Gasteiger partial charge in [0.15, 0.2) is 11.0 Å². The van der Waals surface area contributed by atoms with Crippen LogP contribution in [0.2, 0.25) is 0 Å². The number of pyridine rings is 1. The zero-order chi connectivity index (χ0) is 14.4. The second-order valence-corrected chi connectivity index (χ2v) is 5.66. The first-order chi connectivity index (χ1) is 9.72. The number of rotatable bonds is 7. The number of nitrogens with zero attached hydrogens (tertiary/aromatic N) is 5. The molecule has 0 saturated carbocycles. The zero-order valence-electron chi connectivity index (χ0n) is 11.9. The molecule has 0 bridgehead atoms. The maximum Gasteiger partial charge on any atom is 0.191 e. The van der Waals surface area contributed by atoms with E-state index in [0.29, 0.717) is 6.54 Å². The van der Waals surface area contributed by atoms with Crippen molar-refractivity contribution < 1.29 is 0 Å². The van der Waals surface area contributed by atoms with E-state index >= 15 is 0 Å². The molecule has 2 rings (SSSR count). The Morgan fingerprint density at radius 3 is 2.70 bits per heavy atom. The molecular formula is C14H19N5S. The Labute approximate surface area is 123 Å². The lowest BCUT2D eigenvalue weighted by Crippen LogP contribution is -2.15. The van der Waals surface area contributed by atoms with Crippen molar-refractivity contribution in [3.8, 4) is 11.4 Å². The van der Waals surface area contributed by atoms with Crippen molar-refractivity contribution in [1.82, 2.24) is 24.6 Å². The maximum atomic E-state index is 4.31. The van der Waals surface area contributed by atoms with Crippen molar-refractivity contribution in [3.63, 3.8) is 0 Å². The van der Waals surface area contributed by atoms with Crippen molar-refractivity contribution in [1.29, 1.82) is 0 Å². The smallest absolute Gasteiger partial charge is 0.191 e. The van der Waals surface area contributed by atoms with E-state index in [4.69, 9.17) is 0 Å². The summed E-state index contributed by atoms with van der Waals surface area (Å²) in [5.74, 6) is 1.85. The summed E-state index contributed by atoms with van der Waals surface area (Å²) >= 11 is 1.72. The minimum Gasteiger partial charge on any atom is -0.309 e. The van der Waals surface area contributed by atoms with Gasteiger partial charge >= 0.3 is 0 Å². The first kappa shape index (κ1) is 14.7. The third-order valence-electron chi connectivity index (χ3n) is 2.74. The molecule has 0 amide bonds. The lowest BCUT2D eigenvalue weighted by Gasteiger charge is -2.10. The van der Waals surface area contributed by atoms with Crippen LogP contribution in [0, 0.1) is 0 Å². The Hall–Kier alpha value is -1.66. The molecule has 2 heterocycles. The largest absolute Gasteiger partial charge is 0.309 e. The van der Waals surface area contributed by atoms with E-state index in [1.165, 1.54) is 0 Å². The molecule has 2 aromatic rings. The lowest BCUT2D eigenvalue weighted by molar-refractivity contribution is 0.437. The second kappa shape index (κ2) is 7.21. The molecule has 0 aromatic carbocycles. The van der Waals surface area contributed by atoms with Crippen LogP contribution in [0.15, 0.2) is 42.3 Å². The van der Waals surface area contributed by atoms with Crippen molar-refractivity contribution in [2.75, 3.05) is 26.4 Å². The quantitative estimate of drug-likeness (QED) is 0.577. The second-order valence-electron chi connectivity index (χ2n) is 4.59. The van der Waals surface area contributed by atoms with Crippen LogP contribution >= 0.6 is 11.8 Å². The molecule has 106 valence electrons. The van der Waals surface area contributed by atoms with Crippen molar-refractivity contribution in [2.24, 2.45) is 0 Å². The molecule has 20 heavy (non-hydrogen) atoms. The average molecular weight is 289 g/mol. The van der Waals surface area contributed by atoms with Crippen molar-refractivity contribution >= 4 is 11.8 Å². The van der Waals surface area contributed by atoms with E-state index in [-0.39, 0.29) is 0 Å². The highest BCUT2D eigenvalue weighted by molar-refractivity contribution is 7.99. The van der Waals surface area contributed by atoms with Crippen LogP contribution in [0.1, 0.15) is 0 Å². The van der Waals surface area contributed by atoms with Crippen molar-refractivity contribution in [3.05, 3.63) is 37.2 Å². The van der Waals surface area contributed by atoms with Crippen LogP contribution in [-0.2, 0) is 6.54 Å². The Kier molecular flexibility index (Phi) is 5.31. The van der Waals surface area contributed by atoms with Gasteiger partial charge in [0.05, 0.1) is 0 Å². The summed E-state index contributed by atoms with van der Waals surface area (Å²) in [5.41, 5.74) is 1.02. The van der Waals surface area contributed by atoms with Gasteiger partial charge in [-0.25, -0.2) is 0 Å². The van der Waals surface area contributed by atoms with Crippen LogP contribution in [0.25, 0.3) is 11.4 Å². The van der Waals surface area contributed by atoms with Gasteiger partial charge in [-0.1, -0.05) is 17.8 Å². The molecule has 0 fully saturated rings. The summed E-state index contributed by atoms with van der Waals surface area (Å²) in [6.45, 7) is 5.53. The highest BCUT2D eigenvalue weighted by atomic mass is 32.2. The third kappa shape index (κ3) is 3.68. The van der Waals surface area contributed by atoms with Gasteiger partial charge in [0, 0.05) is 36.8 Å². The van der Waals surface area contributed by atoms with E-state index in [9.17, 15) is 0 Å². The standard InChI is InChI=1S/C14H19N5S/c1-4-9-19-13(12-5-7-15-8-6-12)16-17-14(19)20-11-10-18(2)3/h4-8H,1,9-11H2,2-3H3. The molecular weight excluding hydrogens is 270 g/mol. The summed E-state index contributed by atoms with van der Waals surface area (Å²) in [4.78, 5) is 6.19. The minimum atomic E-state index is 0.703. The van der Waals surface area contributed by atoms with E-state index in [1.54, 1.807) is 24.2 Å². The maximum absolute atomic E-state index is 4.31. The summed E-state index contributed by atoms with van der Waals surface area (Å²) < 4.78 is 2.09. The van der Waals surface area contributed by atoms with Crippen LogP contribution in [-0.4, -0.2) is 51.0 Å². The Balaban J connectivity index is 2.21. The minimum absolute atomic E-state index is 0.703. The predicted octanol–water partition coefficient (Wildman–Crippen LogP) is 2.18. The molecule has 0 atom stereocenters. The van der Waals surface area contributed by atoms with Gasteiger partial charge in [0.25, 0.3) is 0 Å². The van der Waals surface area contributed by atoms with Gasteiger partial charge in [-0.2, -0.15) is 0 Å². The number of thioether (sulfide) groups is 1. The highest BCUT2D eigenvalue weighted by Crippen LogP contribution is 2.23. The molecule has 0 N–H and O–H groups in total. The van der Waals surface area contributed by atoms with Gasteiger partial charge in [0.2, 0.25) is 0 Å². The fourth-order valence-electron chi connectivity index (χ4n) is 1.72. The first-order valence-electron chi connectivity index (χ1n) is 6.44. The van der Waals surface area contributed by atoms with E-state index in [1.807, 2.05) is 18.2 Å². The first-order valence-corrected chi connectivity index (χ1v) is 7.43. The molecule has 5 nitrogen and oxygen atoms in total. The molecule has 0 aliphatic carbocycles. The fourth-order valence-corrected chi connectivity index (χ4v) is 2.78. The van der Waals surface area contributed by atoms with E-state index < -0.39 is 0 Å². The topological polar surface area (TPSA) is 46.8 Å². The average Bonchev–Trinajstić information content (AvgIpc) is 2.83. The molecule has 0 aliphatic rings. The van der Waals surface area contributed by atoms with Gasteiger partial charge in [-0.05, 0) is 26.2 Å². The van der Waals surface area contributed by atoms with Crippen LogP contribution in [0.3, 0.4) is 0 Å². The van der Waals surface area contributed by atoms with Crippen LogP contribution < -0.4 is 0 Å². The number of hydrogen-bond donors (Lipinski definition) is 0.